The lowest BCUT2D eigenvalue weighted by atomic mass is 9.83. The van der Waals surface area contributed by atoms with Gasteiger partial charge in [0, 0.05) is 37.3 Å². The molecule has 1 fully saturated rings. The van der Waals surface area contributed by atoms with Gasteiger partial charge in [-0.1, -0.05) is 6.07 Å². The highest BCUT2D eigenvalue weighted by molar-refractivity contribution is 9.10. The van der Waals surface area contributed by atoms with Crippen LogP contribution < -0.4 is 10.5 Å². The Balaban J connectivity index is 1.51. The van der Waals surface area contributed by atoms with Crippen molar-refractivity contribution >= 4 is 21.8 Å². The van der Waals surface area contributed by atoms with Crippen LogP contribution in [0.1, 0.15) is 23.7 Å². The van der Waals surface area contributed by atoms with Crippen molar-refractivity contribution in [1.29, 1.82) is 5.26 Å². The summed E-state index contributed by atoms with van der Waals surface area (Å²) >= 11 is 3.26. The van der Waals surface area contributed by atoms with E-state index in [1.807, 2.05) is 16.7 Å². The number of hydrogen-bond donors (Lipinski definition) is 0. The molecular formula is C19H15BrN4O3. The first kappa shape index (κ1) is 16.4. The van der Waals surface area contributed by atoms with Crippen LogP contribution in [0, 0.1) is 17.2 Å². The minimum absolute atomic E-state index is 0.0544. The Morgan fingerprint density at radius 3 is 2.85 bits per heavy atom. The number of oxazole rings is 1. The summed E-state index contributed by atoms with van der Waals surface area (Å²) in [6, 6.07) is 11.1. The quantitative estimate of drug-likeness (QED) is 0.624. The monoisotopic (exact) mass is 426 g/mol. The molecule has 5 rings (SSSR count). The Hall–Kier alpha value is -2.79. The lowest BCUT2D eigenvalue weighted by Crippen LogP contribution is -2.47. The minimum atomic E-state index is 0.0544. The van der Waals surface area contributed by atoms with Crippen molar-refractivity contribution in [3.63, 3.8) is 0 Å². The predicted octanol–water partition coefficient (Wildman–Crippen LogP) is 3.35. The van der Waals surface area contributed by atoms with Crippen LogP contribution >= 0.6 is 15.9 Å². The van der Waals surface area contributed by atoms with Crippen molar-refractivity contribution in [2.24, 2.45) is 5.92 Å². The average molecular weight is 427 g/mol. The molecule has 0 unspecified atom stereocenters. The van der Waals surface area contributed by atoms with Crippen molar-refractivity contribution in [2.45, 2.75) is 18.9 Å². The van der Waals surface area contributed by atoms with Gasteiger partial charge in [-0.3, -0.25) is 4.79 Å². The van der Waals surface area contributed by atoms with Gasteiger partial charge in [0.1, 0.15) is 6.07 Å². The third-order valence-electron chi connectivity index (χ3n) is 5.27. The smallest absolute Gasteiger partial charge is 0.266 e. The highest BCUT2D eigenvalue weighted by atomic mass is 79.9. The molecule has 2 aliphatic rings. The largest absolute Gasteiger partial charge is 0.444 e. The number of anilines is 1. The first-order chi connectivity index (χ1) is 13.1. The SMILES string of the molecule is N#Cc1nc(-c2ccc(Br)o2)oc1N1C[C@@H]2C[C@H](C1)c1cccc(=O)n1C2. The molecule has 3 aromatic rings. The van der Waals surface area contributed by atoms with E-state index < -0.39 is 0 Å². The van der Waals surface area contributed by atoms with E-state index in [4.69, 9.17) is 8.83 Å². The zero-order valence-electron chi connectivity index (χ0n) is 14.3. The van der Waals surface area contributed by atoms with Crippen molar-refractivity contribution < 1.29 is 8.83 Å². The molecule has 7 nitrogen and oxygen atoms in total. The van der Waals surface area contributed by atoms with Crippen LogP contribution in [0.5, 0.6) is 0 Å². The normalized spacial score (nSPS) is 21.0. The molecule has 1 saturated heterocycles. The number of furan rings is 1. The molecule has 0 spiro atoms. The highest BCUT2D eigenvalue weighted by Crippen LogP contribution is 2.39. The summed E-state index contributed by atoms with van der Waals surface area (Å²) in [5, 5.41) is 9.53. The summed E-state index contributed by atoms with van der Waals surface area (Å²) in [4.78, 5) is 18.5. The summed E-state index contributed by atoms with van der Waals surface area (Å²) in [6.45, 7) is 2.10. The molecule has 5 heterocycles. The maximum Gasteiger partial charge on any atom is 0.266 e. The zero-order valence-corrected chi connectivity index (χ0v) is 15.8. The molecule has 27 heavy (non-hydrogen) atoms. The number of hydrogen-bond acceptors (Lipinski definition) is 6. The standard InChI is InChI=1S/C19H15BrN4O3/c20-16-5-4-15(26-16)18-22-13(7-21)19(27-18)23-8-11-6-12(10-23)14-2-1-3-17(25)24(14)9-11/h1-5,11-12H,6,8-10H2/t11-,12+/m0/s1. The topological polar surface area (TPSA) is 88.2 Å². The molecule has 0 aliphatic carbocycles. The molecule has 2 atom stereocenters. The number of fused-ring (bicyclic) bond motifs is 4. The van der Waals surface area contributed by atoms with Crippen LogP contribution in [0.3, 0.4) is 0 Å². The van der Waals surface area contributed by atoms with Gasteiger partial charge in [0.2, 0.25) is 11.6 Å². The third kappa shape index (κ3) is 2.70. The number of pyridine rings is 1. The Kier molecular flexibility index (Phi) is 3.72. The summed E-state index contributed by atoms with van der Waals surface area (Å²) in [5.74, 6) is 1.79. The van der Waals surface area contributed by atoms with Crippen molar-refractivity contribution in [3.8, 4) is 17.7 Å². The van der Waals surface area contributed by atoms with Gasteiger partial charge in [0.25, 0.3) is 11.4 Å². The minimum Gasteiger partial charge on any atom is -0.444 e. The van der Waals surface area contributed by atoms with Gasteiger partial charge < -0.3 is 18.3 Å². The maximum absolute atomic E-state index is 12.2. The van der Waals surface area contributed by atoms with E-state index in [0.29, 0.717) is 41.2 Å². The summed E-state index contributed by atoms with van der Waals surface area (Å²) in [7, 11) is 0. The fourth-order valence-electron chi connectivity index (χ4n) is 4.20. The molecule has 0 amide bonds. The van der Waals surface area contributed by atoms with E-state index in [2.05, 4.69) is 31.9 Å². The molecule has 8 heteroatoms. The van der Waals surface area contributed by atoms with Gasteiger partial charge >= 0.3 is 0 Å². The molecule has 0 aromatic carbocycles. The van der Waals surface area contributed by atoms with Gasteiger partial charge in [0.05, 0.1) is 0 Å². The number of aromatic nitrogens is 2. The van der Waals surface area contributed by atoms with Crippen LogP contribution in [0.15, 0.2) is 48.6 Å². The van der Waals surface area contributed by atoms with E-state index >= 15 is 0 Å². The zero-order chi connectivity index (χ0) is 18.5. The van der Waals surface area contributed by atoms with Crippen LogP contribution in [0.25, 0.3) is 11.7 Å². The fraction of sp³-hybridized carbons (Fsp3) is 0.316. The van der Waals surface area contributed by atoms with Crippen LogP contribution in [-0.4, -0.2) is 22.6 Å². The average Bonchev–Trinajstić information content (AvgIpc) is 3.28. The van der Waals surface area contributed by atoms with Gasteiger partial charge in [-0.25, -0.2) is 0 Å². The molecule has 0 N–H and O–H groups in total. The van der Waals surface area contributed by atoms with Gasteiger partial charge in [-0.2, -0.15) is 10.2 Å². The summed E-state index contributed by atoms with van der Waals surface area (Å²) in [6.07, 6.45) is 1.04. The second-order valence-corrected chi connectivity index (χ2v) is 7.77. The Morgan fingerprint density at radius 1 is 1.19 bits per heavy atom. The molecule has 0 saturated carbocycles. The van der Waals surface area contributed by atoms with Gasteiger partial charge in [-0.15, -0.1) is 0 Å². The maximum atomic E-state index is 12.2. The second-order valence-electron chi connectivity index (χ2n) is 6.99. The first-order valence-electron chi connectivity index (χ1n) is 8.73. The highest BCUT2D eigenvalue weighted by Gasteiger charge is 2.37. The van der Waals surface area contributed by atoms with Crippen molar-refractivity contribution in [3.05, 3.63) is 56.7 Å². The molecule has 3 aromatic heterocycles. The van der Waals surface area contributed by atoms with E-state index in [1.54, 1.807) is 18.2 Å². The van der Waals surface area contributed by atoms with Crippen LogP contribution in [0.2, 0.25) is 0 Å². The number of nitrogens with zero attached hydrogens (tertiary/aromatic N) is 4. The number of rotatable bonds is 2. The number of piperidine rings is 1. The fourth-order valence-corrected chi connectivity index (χ4v) is 4.50. The van der Waals surface area contributed by atoms with Gasteiger partial charge in [-0.05, 0) is 46.5 Å². The lowest BCUT2D eigenvalue weighted by Gasteiger charge is -2.42. The Labute approximate surface area is 163 Å². The third-order valence-corrected chi connectivity index (χ3v) is 5.69. The van der Waals surface area contributed by atoms with Crippen molar-refractivity contribution in [2.75, 3.05) is 18.0 Å². The molecule has 2 bridgehead atoms. The molecule has 2 aliphatic heterocycles. The molecule has 0 radical (unpaired) electrons. The van der Waals surface area contributed by atoms with Crippen LogP contribution in [0.4, 0.5) is 5.88 Å². The second kappa shape index (κ2) is 6.13. The summed E-state index contributed by atoms with van der Waals surface area (Å²) in [5.41, 5.74) is 1.36. The summed E-state index contributed by atoms with van der Waals surface area (Å²) < 4.78 is 13.9. The Morgan fingerprint density at radius 2 is 2.07 bits per heavy atom. The number of nitriles is 1. The molecule has 136 valence electrons. The van der Waals surface area contributed by atoms with E-state index in [0.717, 1.165) is 18.7 Å². The number of halogens is 1. The van der Waals surface area contributed by atoms with Gasteiger partial charge in [0.15, 0.2) is 10.4 Å². The Bertz CT molecular complexity index is 1120. The van der Waals surface area contributed by atoms with E-state index in [1.165, 1.54) is 0 Å². The van der Waals surface area contributed by atoms with E-state index in [9.17, 15) is 10.1 Å². The van der Waals surface area contributed by atoms with E-state index in [-0.39, 0.29) is 17.2 Å². The lowest BCUT2D eigenvalue weighted by molar-refractivity contribution is 0.275. The van der Waals surface area contributed by atoms with Crippen molar-refractivity contribution in [1.82, 2.24) is 9.55 Å². The first-order valence-corrected chi connectivity index (χ1v) is 9.53. The van der Waals surface area contributed by atoms with Crippen LogP contribution in [-0.2, 0) is 6.54 Å². The predicted molar refractivity (Wildman–Crippen MR) is 100 cm³/mol. The molecular weight excluding hydrogens is 412 g/mol.